The molecule has 106 valence electrons. The van der Waals surface area contributed by atoms with Gasteiger partial charge in [-0.2, -0.15) is 0 Å². The number of nitrogens with zero attached hydrogens (tertiary/aromatic N) is 1. The van der Waals surface area contributed by atoms with Crippen LogP contribution in [0.4, 0.5) is 0 Å². The highest BCUT2D eigenvalue weighted by molar-refractivity contribution is 9.10. The predicted octanol–water partition coefficient (Wildman–Crippen LogP) is 3.54. The molecule has 0 aliphatic heterocycles. The van der Waals surface area contributed by atoms with Gasteiger partial charge in [0.05, 0.1) is 16.8 Å². The molecule has 2 rings (SSSR count). The topological polar surface area (TPSA) is 59.1 Å². The maximum atomic E-state index is 12.3. The van der Waals surface area contributed by atoms with E-state index in [0.717, 1.165) is 4.47 Å². The molecule has 2 aromatic rings. The Bertz CT molecular complexity index is 708. The smallest absolute Gasteiger partial charge is 0.242 e. The van der Waals surface area contributed by atoms with Gasteiger partial charge in [-0.25, -0.2) is 13.1 Å². The lowest BCUT2D eigenvalue weighted by Crippen LogP contribution is -2.27. The average Bonchev–Trinajstić information content (AvgIpc) is 2.38. The number of rotatable bonds is 4. The molecule has 1 N–H and O–H groups in total. The fourth-order valence-electron chi connectivity index (χ4n) is 1.68. The summed E-state index contributed by atoms with van der Waals surface area (Å²) in [4.78, 5) is 4.17. The van der Waals surface area contributed by atoms with Crippen LogP contribution in [0.5, 0.6) is 0 Å². The van der Waals surface area contributed by atoms with Gasteiger partial charge in [0.1, 0.15) is 4.90 Å². The summed E-state index contributed by atoms with van der Waals surface area (Å²) in [6.45, 7) is 1.73. The van der Waals surface area contributed by atoms with E-state index in [1.54, 1.807) is 43.5 Å². The summed E-state index contributed by atoms with van der Waals surface area (Å²) >= 11 is 9.22. The van der Waals surface area contributed by atoms with Gasteiger partial charge in [0.15, 0.2) is 0 Å². The van der Waals surface area contributed by atoms with E-state index in [1.807, 2.05) is 0 Å². The van der Waals surface area contributed by atoms with Crippen LogP contribution in [-0.4, -0.2) is 13.4 Å². The number of pyridine rings is 1. The molecule has 0 bridgehead atoms. The SMILES string of the molecule is CC(NS(=O)(=O)c1ccc(Br)cc1Cl)c1ccccn1. The molecular formula is C13H12BrClN2O2S. The van der Waals surface area contributed by atoms with Gasteiger partial charge >= 0.3 is 0 Å². The Kier molecular flexibility index (Phi) is 4.80. The summed E-state index contributed by atoms with van der Waals surface area (Å²) < 4.78 is 27.9. The van der Waals surface area contributed by atoms with E-state index in [4.69, 9.17) is 11.6 Å². The molecule has 1 atom stereocenters. The van der Waals surface area contributed by atoms with E-state index in [9.17, 15) is 8.42 Å². The van der Waals surface area contributed by atoms with Crippen LogP contribution in [0.1, 0.15) is 18.7 Å². The summed E-state index contributed by atoms with van der Waals surface area (Å²) in [5.41, 5.74) is 0.643. The molecule has 1 unspecified atom stereocenters. The monoisotopic (exact) mass is 374 g/mol. The van der Waals surface area contributed by atoms with Crippen molar-refractivity contribution < 1.29 is 8.42 Å². The molecule has 0 amide bonds. The van der Waals surface area contributed by atoms with Crippen LogP contribution < -0.4 is 4.72 Å². The third-order valence-corrected chi connectivity index (χ3v) is 5.16. The highest BCUT2D eigenvalue weighted by Gasteiger charge is 2.21. The summed E-state index contributed by atoms with van der Waals surface area (Å²) in [5, 5.41) is 0.167. The molecule has 0 fully saturated rings. The Hall–Kier alpha value is -0.950. The van der Waals surface area contributed by atoms with Crippen LogP contribution in [0.15, 0.2) is 52.0 Å². The highest BCUT2D eigenvalue weighted by atomic mass is 79.9. The largest absolute Gasteiger partial charge is 0.260 e. The molecule has 0 spiro atoms. The van der Waals surface area contributed by atoms with Crippen molar-refractivity contribution in [3.05, 3.63) is 57.8 Å². The summed E-state index contributed by atoms with van der Waals surface area (Å²) in [7, 11) is -3.70. The molecule has 7 heteroatoms. The third kappa shape index (κ3) is 3.58. The molecule has 0 saturated carbocycles. The van der Waals surface area contributed by atoms with Crippen molar-refractivity contribution in [3.8, 4) is 0 Å². The first kappa shape index (κ1) is 15.4. The van der Waals surface area contributed by atoms with E-state index in [1.165, 1.54) is 6.07 Å². The zero-order valence-corrected chi connectivity index (χ0v) is 13.7. The molecule has 0 saturated heterocycles. The number of nitrogens with one attached hydrogen (secondary N) is 1. The maximum Gasteiger partial charge on any atom is 0.242 e. The zero-order chi connectivity index (χ0) is 14.8. The van der Waals surface area contributed by atoms with Crippen molar-refractivity contribution in [2.45, 2.75) is 17.9 Å². The fraction of sp³-hybridized carbons (Fsp3) is 0.154. The standard InChI is InChI=1S/C13H12BrClN2O2S/c1-9(12-4-2-3-7-16-12)17-20(18,19)13-6-5-10(14)8-11(13)15/h2-9,17H,1H3. The van der Waals surface area contributed by atoms with Crippen molar-refractivity contribution in [3.63, 3.8) is 0 Å². The van der Waals surface area contributed by atoms with Crippen LogP contribution in [0.25, 0.3) is 0 Å². The lowest BCUT2D eigenvalue weighted by Gasteiger charge is -2.14. The van der Waals surface area contributed by atoms with E-state index in [2.05, 4.69) is 25.6 Å². The molecule has 1 aromatic carbocycles. The van der Waals surface area contributed by atoms with Crippen LogP contribution in [0, 0.1) is 0 Å². The van der Waals surface area contributed by atoms with Crippen molar-refractivity contribution >= 4 is 37.6 Å². The first-order valence-electron chi connectivity index (χ1n) is 5.78. The van der Waals surface area contributed by atoms with Crippen LogP contribution in [0.3, 0.4) is 0 Å². The van der Waals surface area contributed by atoms with E-state index in [0.29, 0.717) is 5.69 Å². The molecular weight excluding hydrogens is 364 g/mol. The molecule has 4 nitrogen and oxygen atoms in total. The third-order valence-electron chi connectivity index (χ3n) is 2.65. The molecule has 20 heavy (non-hydrogen) atoms. The van der Waals surface area contributed by atoms with Crippen molar-refractivity contribution in [2.75, 3.05) is 0 Å². The Morgan fingerprint density at radius 3 is 2.65 bits per heavy atom. The van der Waals surface area contributed by atoms with Gasteiger partial charge < -0.3 is 0 Å². The van der Waals surface area contributed by atoms with Gasteiger partial charge in [-0.05, 0) is 37.3 Å². The predicted molar refractivity (Wildman–Crippen MR) is 82.1 cm³/mol. The van der Waals surface area contributed by atoms with Gasteiger partial charge in [-0.1, -0.05) is 33.6 Å². The quantitative estimate of drug-likeness (QED) is 0.889. The highest BCUT2D eigenvalue weighted by Crippen LogP contribution is 2.26. The second-order valence-corrected chi connectivity index (χ2v) is 7.18. The van der Waals surface area contributed by atoms with Crippen molar-refractivity contribution in [1.82, 2.24) is 9.71 Å². The van der Waals surface area contributed by atoms with Crippen LogP contribution in [-0.2, 0) is 10.0 Å². The fourth-order valence-corrected chi connectivity index (χ4v) is 3.94. The summed E-state index contributed by atoms with van der Waals surface area (Å²) in [5.74, 6) is 0. The van der Waals surface area contributed by atoms with Crippen LogP contribution in [0.2, 0.25) is 5.02 Å². The number of halogens is 2. The second kappa shape index (κ2) is 6.22. The maximum absolute atomic E-state index is 12.3. The molecule has 1 aromatic heterocycles. The average molecular weight is 376 g/mol. The number of sulfonamides is 1. The lowest BCUT2D eigenvalue weighted by molar-refractivity contribution is 0.564. The van der Waals surface area contributed by atoms with E-state index >= 15 is 0 Å². The molecule has 1 heterocycles. The Labute approximate surface area is 131 Å². The van der Waals surface area contributed by atoms with E-state index in [-0.39, 0.29) is 9.92 Å². The van der Waals surface area contributed by atoms with Gasteiger partial charge in [-0.15, -0.1) is 0 Å². The zero-order valence-electron chi connectivity index (χ0n) is 10.5. The minimum absolute atomic E-state index is 0.0464. The van der Waals surface area contributed by atoms with Gasteiger partial charge in [0.25, 0.3) is 0 Å². The minimum Gasteiger partial charge on any atom is -0.260 e. The van der Waals surface area contributed by atoms with Gasteiger partial charge in [0.2, 0.25) is 10.0 Å². The van der Waals surface area contributed by atoms with Crippen molar-refractivity contribution in [2.24, 2.45) is 0 Å². The lowest BCUT2D eigenvalue weighted by atomic mass is 10.2. The summed E-state index contributed by atoms with van der Waals surface area (Å²) in [6, 6.07) is 9.53. The molecule has 0 radical (unpaired) electrons. The second-order valence-electron chi connectivity index (χ2n) is 4.17. The summed E-state index contributed by atoms with van der Waals surface area (Å²) in [6.07, 6.45) is 1.62. The minimum atomic E-state index is -3.70. The Morgan fingerprint density at radius 2 is 2.05 bits per heavy atom. The molecule has 0 aliphatic rings. The van der Waals surface area contributed by atoms with Crippen LogP contribution >= 0.6 is 27.5 Å². The number of hydrogen-bond acceptors (Lipinski definition) is 3. The van der Waals surface area contributed by atoms with Gasteiger partial charge in [0, 0.05) is 10.7 Å². The van der Waals surface area contributed by atoms with Gasteiger partial charge in [-0.3, -0.25) is 4.98 Å². The first-order chi connectivity index (χ1) is 9.40. The first-order valence-corrected chi connectivity index (χ1v) is 8.44. The number of aromatic nitrogens is 1. The number of benzene rings is 1. The normalized spacial score (nSPS) is 13.2. The Morgan fingerprint density at radius 1 is 1.30 bits per heavy atom. The van der Waals surface area contributed by atoms with E-state index < -0.39 is 16.1 Å². The molecule has 0 aliphatic carbocycles. The Balaban J connectivity index is 2.28. The van der Waals surface area contributed by atoms with Crippen molar-refractivity contribution in [1.29, 1.82) is 0 Å². The number of hydrogen-bond donors (Lipinski definition) is 1.